The van der Waals surface area contributed by atoms with Crippen LogP contribution in [-0.4, -0.2) is 72.6 Å². The number of nitrogens with zero attached hydrogens (tertiary/aromatic N) is 6. The van der Waals surface area contributed by atoms with E-state index in [-0.39, 0.29) is 11.9 Å². The number of aromatic nitrogens is 3. The van der Waals surface area contributed by atoms with Gasteiger partial charge < -0.3 is 19.4 Å². The van der Waals surface area contributed by atoms with Crippen LogP contribution in [0.25, 0.3) is 0 Å². The molecule has 138 valence electrons. The average molecular weight is 348 g/mol. The summed E-state index contributed by atoms with van der Waals surface area (Å²) in [5, 5.41) is 0. The third-order valence-electron chi connectivity index (χ3n) is 4.90. The number of hydrogen-bond donors (Lipinski definition) is 0. The zero-order chi connectivity index (χ0) is 17.8. The monoisotopic (exact) mass is 348 g/mol. The molecular weight excluding hydrogens is 320 g/mol. The molecule has 0 saturated carbocycles. The Morgan fingerprint density at radius 3 is 2.32 bits per heavy atom. The molecule has 8 heteroatoms. The standard InChI is InChI=1S/C17H28N6O2/c1-21(2)14(24)13-9-8-12-23(13)16-18-15(19-17(20-16)25-3)22-10-6-4-5-7-11-22/h13H,4-12H2,1-3H3/t13-/m1/s1. The fraction of sp³-hybridized carbons (Fsp3) is 0.765. The molecule has 0 aliphatic carbocycles. The van der Waals surface area contributed by atoms with Crippen molar-refractivity contribution in [2.45, 2.75) is 44.6 Å². The van der Waals surface area contributed by atoms with Crippen LogP contribution in [0.15, 0.2) is 0 Å². The van der Waals surface area contributed by atoms with Crippen LogP contribution in [0.5, 0.6) is 6.01 Å². The van der Waals surface area contributed by atoms with Crippen molar-refractivity contribution >= 4 is 17.8 Å². The molecule has 25 heavy (non-hydrogen) atoms. The molecule has 8 nitrogen and oxygen atoms in total. The second-order valence-electron chi connectivity index (χ2n) is 6.91. The normalized spacial score (nSPS) is 21.2. The first-order valence-corrected chi connectivity index (χ1v) is 9.13. The molecule has 0 aromatic carbocycles. The fourth-order valence-electron chi connectivity index (χ4n) is 3.53. The molecule has 3 rings (SSSR count). The third-order valence-corrected chi connectivity index (χ3v) is 4.90. The van der Waals surface area contributed by atoms with Crippen LogP contribution in [0, 0.1) is 0 Å². The van der Waals surface area contributed by atoms with Gasteiger partial charge in [-0.15, -0.1) is 0 Å². The van der Waals surface area contributed by atoms with Crippen molar-refractivity contribution in [3.05, 3.63) is 0 Å². The number of ether oxygens (including phenoxy) is 1. The molecule has 1 aromatic rings. The third kappa shape index (κ3) is 3.93. The Morgan fingerprint density at radius 1 is 1.00 bits per heavy atom. The number of hydrogen-bond acceptors (Lipinski definition) is 7. The van der Waals surface area contributed by atoms with E-state index < -0.39 is 0 Å². The summed E-state index contributed by atoms with van der Waals surface area (Å²) in [5.74, 6) is 1.30. The van der Waals surface area contributed by atoms with Crippen LogP contribution >= 0.6 is 0 Å². The van der Waals surface area contributed by atoms with Gasteiger partial charge in [-0.3, -0.25) is 4.79 Å². The summed E-state index contributed by atoms with van der Waals surface area (Å²) >= 11 is 0. The van der Waals surface area contributed by atoms with E-state index in [9.17, 15) is 4.79 Å². The quantitative estimate of drug-likeness (QED) is 0.812. The van der Waals surface area contributed by atoms with Gasteiger partial charge in [-0.25, -0.2) is 0 Å². The van der Waals surface area contributed by atoms with Crippen molar-refractivity contribution in [3.8, 4) is 6.01 Å². The molecule has 2 fully saturated rings. The maximum atomic E-state index is 12.5. The molecule has 2 aliphatic rings. The molecule has 0 N–H and O–H groups in total. The Kier molecular flexibility index (Phi) is 5.55. The lowest BCUT2D eigenvalue weighted by atomic mass is 10.2. The maximum Gasteiger partial charge on any atom is 0.322 e. The number of likely N-dealkylation sites (N-methyl/N-ethyl adjacent to an activating group) is 1. The summed E-state index contributed by atoms with van der Waals surface area (Å²) in [4.78, 5) is 31.9. The Balaban J connectivity index is 1.89. The molecule has 0 bridgehead atoms. The number of carbonyl (C=O) groups is 1. The Morgan fingerprint density at radius 2 is 1.68 bits per heavy atom. The summed E-state index contributed by atoms with van der Waals surface area (Å²) < 4.78 is 5.31. The molecule has 1 atom stereocenters. The minimum atomic E-state index is -0.209. The van der Waals surface area contributed by atoms with Gasteiger partial charge in [0.05, 0.1) is 7.11 Å². The molecule has 3 heterocycles. The molecule has 2 saturated heterocycles. The number of anilines is 2. The first kappa shape index (κ1) is 17.7. The predicted molar refractivity (Wildman–Crippen MR) is 96.1 cm³/mol. The van der Waals surface area contributed by atoms with E-state index in [4.69, 9.17) is 9.72 Å². The molecule has 0 spiro atoms. The summed E-state index contributed by atoms with van der Waals surface area (Å²) in [6, 6.07) is 0.103. The van der Waals surface area contributed by atoms with Crippen LogP contribution in [0.3, 0.4) is 0 Å². The van der Waals surface area contributed by atoms with Gasteiger partial charge in [0.1, 0.15) is 6.04 Å². The van der Waals surface area contributed by atoms with Crippen molar-refractivity contribution in [1.29, 1.82) is 0 Å². The van der Waals surface area contributed by atoms with Crippen LogP contribution in [0.2, 0.25) is 0 Å². The van der Waals surface area contributed by atoms with Gasteiger partial charge in [-0.05, 0) is 25.7 Å². The second-order valence-corrected chi connectivity index (χ2v) is 6.91. The van der Waals surface area contributed by atoms with Gasteiger partial charge in [0.25, 0.3) is 0 Å². The summed E-state index contributed by atoms with van der Waals surface area (Å²) in [5.41, 5.74) is 0. The Bertz CT molecular complexity index is 601. The summed E-state index contributed by atoms with van der Waals surface area (Å²) in [6.07, 6.45) is 6.57. The van der Waals surface area contributed by atoms with Gasteiger partial charge >= 0.3 is 6.01 Å². The fourth-order valence-corrected chi connectivity index (χ4v) is 3.53. The Labute approximate surface area is 149 Å². The molecule has 0 radical (unpaired) electrons. The van der Waals surface area contributed by atoms with E-state index in [1.54, 1.807) is 26.1 Å². The lowest BCUT2D eigenvalue weighted by Gasteiger charge is -2.27. The first-order chi connectivity index (χ1) is 12.1. The number of amides is 1. The SMILES string of the molecule is COc1nc(N2CCCCCC2)nc(N2CCC[C@@H]2C(=O)N(C)C)n1. The van der Waals surface area contributed by atoms with Crippen LogP contribution in [0.1, 0.15) is 38.5 Å². The van der Waals surface area contributed by atoms with Crippen molar-refractivity contribution in [1.82, 2.24) is 19.9 Å². The smallest absolute Gasteiger partial charge is 0.322 e. The lowest BCUT2D eigenvalue weighted by molar-refractivity contribution is -0.129. The van der Waals surface area contributed by atoms with Gasteiger partial charge in [-0.1, -0.05) is 12.8 Å². The number of methoxy groups -OCH3 is 1. The largest absolute Gasteiger partial charge is 0.467 e. The maximum absolute atomic E-state index is 12.5. The highest BCUT2D eigenvalue weighted by atomic mass is 16.5. The van der Waals surface area contributed by atoms with Gasteiger partial charge in [0, 0.05) is 33.7 Å². The van der Waals surface area contributed by atoms with E-state index in [1.165, 1.54) is 12.8 Å². The Hall–Kier alpha value is -2.12. The first-order valence-electron chi connectivity index (χ1n) is 9.13. The lowest BCUT2D eigenvalue weighted by Crippen LogP contribution is -2.43. The highest BCUT2D eigenvalue weighted by Crippen LogP contribution is 2.27. The molecule has 0 unspecified atom stereocenters. The van der Waals surface area contributed by atoms with E-state index in [0.717, 1.165) is 45.3 Å². The minimum absolute atomic E-state index is 0.0909. The highest BCUT2D eigenvalue weighted by Gasteiger charge is 2.34. The summed E-state index contributed by atoms with van der Waals surface area (Å²) in [6.45, 7) is 2.68. The van der Waals surface area contributed by atoms with Crippen molar-refractivity contribution in [2.75, 3.05) is 50.6 Å². The minimum Gasteiger partial charge on any atom is -0.467 e. The van der Waals surface area contributed by atoms with E-state index in [0.29, 0.717) is 17.9 Å². The van der Waals surface area contributed by atoms with Crippen LogP contribution in [0.4, 0.5) is 11.9 Å². The zero-order valence-corrected chi connectivity index (χ0v) is 15.4. The van der Waals surface area contributed by atoms with E-state index >= 15 is 0 Å². The van der Waals surface area contributed by atoms with Gasteiger partial charge in [-0.2, -0.15) is 15.0 Å². The average Bonchev–Trinajstić information content (AvgIpc) is 2.95. The molecule has 1 aromatic heterocycles. The van der Waals surface area contributed by atoms with Crippen LogP contribution in [-0.2, 0) is 4.79 Å². The van der Waals surface area contributed by atoms with Crippen LogP contribution < -0.4 is 14.5 Å². The molecular formula is C17H28N6O2. The molecule has 1 amide bonds. The highest BCUT2D eigenvalue weighted by molar-refractivity contribution is 5.85. The zero-order valence-electron chi connectivity index (χ0n) is 15.4. The van der Waals surface area contributed by atoms with E-state index in [1.807, 2.05) is 4.90 Å². The van der Waals surface area contributed by atoms with E-state index in [2.05, 4.69) is 14.9 Å². The van der Waals surface area contributed by atoms with Gasteiger partial charge in [0.15, 0.2) is 0 Å². The van der Waals surface area contributed by atoms with Crippen molar-refractivity contribution in [3.63, 3.8) is 0 Å². The summed E-state index contributed by atoms with van der Waals surface area (Å²) in [7, 11) is 5.14. The number of rotatable bonds is 4. The van der Waals surface area contributed by atoms with Crippen molar-refractivity contribution in [2.24, 2.45) is 0 Å². The molecule has 2 aliphatic heterocycles. The topological polar surface area (TPSA) is 74.7 Å². The second kappa shape index (κ2) is 7.84. The number of carbonyl (C=O) groups excluding carboxylic acids is 1. The van der Waals surface area contributed by atoms with Gasteiger partial charge in [0.2, 0.25) is 17.8 Å². The van der Waals surface area contributed by atoms with Crippen molar-refractivity contribution < 1.29 is 9.53 Å². The predicted octanol–water partition coefficient (Wildman–Crippen LogP) is 1.32.